The summed E-state index contributed by atoms with van der Waals surface area (Å²) in [6.07, 6.45) is 0. The van der Waals surface area contributed by atoms with Gasteiger partial charge in [0.05, 0.1) is 6.54 Å². The second-order valence-electron chi connectivity index (χ2n) is 4.12. The summed E-state index contributed by atoms with van der Waals surface area (Å²) in [5, 5.41) is 25.7. The number of nitrogens with one attached hydrogen (secondary N) is 1. The van der Waals surface area contributed by atoms with E-state index in [2.05, 4.69) is 15.5 Å². The van der Waals surface area contributed by atoms with Crippen LogP contribution in [-0.2, 0) is 6.54 Å². The Labute approximate surface area is 104 Å². The van der Waals surface area contributed by atoms with Crippen LogP contribution in [0.25, 0.3) is 0 Å². The Hall–Kier alpha value is -2.08. The summed E-state index contributed by atoms with van der Waals surface area (Å²) >= 11 is 0. The zero-order valence-corrected chi connectivity index (χ0v) is 10.2. The molecule has 0 aliphatic rings. The van der Waals surface area contributed by atoms with Gasteiger partial charge in [0.15, 0.2) is 5.82 Å². The van der Waals surface area contributed by atoms with Gasteiger partial charge >= 0.3 is 0 Å². The number of hydrogen-bond donors (Lipinski definition) is 3. The molecule has 6 nitrogen and oxygen atoms in total. The number of nitrogens with zero attached hydrogens (tertiary/aromatic N) is 2. The van der Waals surface area contributed by atoms with Gasteiger partial charge in [-0.1, -0.05) is 5.16 Å². The molecule has 1 unspecified atom stereocenters. The summed E-state index contributed by atoms with van der Waals surface area (Å²) in [5.41, 5.74) is 0.781. The van der Waals surface area contributed by atoms with Gasteiger partial charge < -0.3 is 20.1 Å². The molecule has 0 aliphatic carbocycles. The smallest absolute Gasteiger partial charge is 0.240 e. The lowest BCUT2D eigenvalue weighted by Crippen LogP contribution is -2.18. The third-order valence-corrected chi connectivity index (χ3v) is 2.55. The van der Waals surface area contributed by atoms with Crippen molar-refractivity contribution in [3.05, 3.63) is 35.5 Å². The minimum atomic E-state index is -0.0600. The fraction of sp³-hybridized carbons (Fsp3) is 0.333. The van der Waals surface area contributed by atoms with E-state index < -0.39 is 0 Å². The van der Waals surface area contributed by atoms with Crippen LogP contribution in [-0.4, -0.2) is 20.4 Å². The number of phenols is 2. The fourth-order valence-electron chi connectivity index (χ4n) is 1.64. The Morgan fingerprint density at radius 3 is 2.50 bits per heavy atom. The highest BCUT2D eigenvalue weighted by atomic mass is 16.5. The van der Waals surface area contributed by atoms with Gasteiger partial charge in [-0.05, 0) is 31.5 Å². The molecule has 0 spiro atoms. The molecule has 0 saturated heterocycles. The van der Waals surface area contributed by atoms with Crippen LogP contribution in [0.1, 0.15) is 30.2 Å². The maximum absolute atomic E-state index is 9.40. The molecule has 3 N–H and O–H groups in total. The van der Waals surface area contributed by atoms with Crippen LogP contribution in [0.4, 0.5) is 0 Å². The van der Waals surface area contributed by atoms with Gasteiger partial charge in [-0.25, -0.2) is 0 Å². The lowest BCUT2D eigenvalue weighted by Gasteiger charge is -2.13. The van der Waals surface area contributed by atoms with E-state index in [1.165, 1.54) is 6.07 Å². The van der Waals surface area contributed by atoms with Gasteiger partial charge in [0.1, 0.15) is 11.5 Å². The van der Waals surface area contributed by atoms with E-state index in [1.807, 2.05) is 6.92 Å². The molecule has 2 aromatic rings. The molecule has 0 fully saturated rings. The molecule has 0 aliphatic heterocycles. The molecule has 2 rings (SSSR count). The summed E-state index contributed by atoms with van der Waals surface area (Å²) in [5.74, 6) is 1.16. The highest BCUT2D eigenvalue weighted by molar-refractivity contribution is 5.37. The van der Waals surface area contributed by atoms with E-state index in [4.69, 9.17) is 4.52 Å². The summed E-state index contributed by atoms with van der Waals surface area (Å²) in [6.45, 7) is 4.10. The average molecular weight is 249 g/mol. The number of rotatable bonds is 4. The largest absolute Gasteiger partial charge is 0.508 e. The third-order valence-electron chi connectivity index (χ3n) is 2.55. The summed E-state index contributed by atoms with van der Waals surface area (Å²) < 4.78 is 4.98. The predicted octanol–water partition coefficient (Wildman–Crippen LogP) is 1.64. The van der Waals surface area contributed by atoms with Crippen molar-refractivity contribution >= 4 is 0 Å². The minimum Gasteiger partial charge on any atom is -0.508 e. The molecule has 0 radical (unpaired) electrons. The maximum atomic E-state index is 9.40. The molecule has 96 valence electrons. The van der Waals surface area contributed by atoms with Gasteiger partial charge in [-0.2, -0.15) is 4.98 Å². The van der Waals surface area contributed by atoms with Crippen molar-refractivity contribution in [1.29, 1.82) is 0 Å². The molecular weight excluding hydrogens is 234 g/mol. The molecule has 0 bridgehead atoms. The van der Waals surface area contributed by atoms with Gasteiger partial charge in [-0.15, -0.1) is 0 Å². The number of aromatic nitrogens is 2. The average Bonchev–Trinajstić information content (AvgIpc) is 2.70. The summed E-state index contributed by atoms with van der Waals surface area (Å²) in [7, 11) is 0. The first kappa shape index (κ1) is 12.4. The lowest BCUT2D eigenvalue weighted by molar-refractivity contribution is 0.357. The van der Waals surface area contributed by atoms with E-state index in [9.17, 15) is 10.2 Å². The van der Waals surface area contributed by atoms with Gasteiger partial charge in [-0.3, -0.25) is 0 Å². The van der Waals surface area contributed by atoms with Crippen molar-refractivity contribution < 1.29 is 14.7 Å². The standard InChI is InChI=1S/C12H15N3O3/c1-7(9-3-10(16)5-11(17)4-9)13-6-12-14-8(2)15-18-12/h3-5,7,13,16-17H,6H2,1-2H3. The molecule has 6 heteroatoms. The van der Waals surface area contributed by atoms with Crippen molar-refractivity contribution in [1.82, 2.24) is 15.5 Å². The zero-order valence-electron chi connectivity index (χ0n) is 10.2. The van der Waals surface area contributed by atoms with Crippen LogP contribution in [0, 0.1) is 6.92 Å². The Bertz CT molecular complexity index is 519. The Morgan fingerprint density at radius 1 is 1.28 bits per heavy atom. The van der Waals surface area contributed by atoms with E-state index >= 15 is 0 Å². The maximum Gasteiger partial charge on any atom is 0.240 e. The van der Waals surface area contributed by atoms with Crippen LogP contribution < -0.4 is 5.32 Å². The van der Waals surface area contributed by atoms with E-state index in [0.717, 1.165) is 5.56 Å². The van der Waals surface area contributed by atoms with Crippen LogP contribution >= 0.6 is 0 Å². The van der Waals surface area contributed by atoms with Gasteiger partial charge in [0, 0.05) is 12.1 Å². The van der Waals surface area contributed by atoms with Crippen molar-refractivity contribution in [2.24, 2.45) is 0 Å². The van der Waals surface area contributed by atoms with Crippen LogP contribution in [0.15, 0.2) is 22.7 Å². The van der Waals surface area contributed by atoms with Crippen molar-refractivity contribution in [3.63, 3.8) is 0 Å². The quantitative estimate of drug-likeness (QED) is 0.763. The van der Waals surface area contributed by atoms with Gasteiger partial charge in [0.25, 0.3) is 0 Å². The van der Waals surface area contributed by atoms with E-state index in [0.29, 0.717) is 18.3 Å². The fourth-order valence-corrected chi connectivity index (χ4v) is 1.64. The van der Waals surface area contributed by atoms with E-state index in [1.54, 1.807) is 19.1 Å². The summed E-state index contributed by atoms with van der Waals surface area (Å²) in [4.78, 5) is 4.07. The molecule has 1 atom stereocenters. The highest BCUT2D eigenvalue weighted by Crippen LogP contribution is 2.24. The number of aryl methyl sites for hydroxylation is 1. The van der Waals surface area contributed by atoms with E-state index in [-0.39, 0.29) is 17.5 Å². The van der Waals surface area contributed by atoms with Crippen molar-refractivity contribution in [2.45, 2.75) is 26.4 Å². The number of aromatic hydroxyl groups is 2. The predicted molar refractivity (Wildman–Crippen MR) is 64.1 cm³/mol. The van der Waals surface area contributed by atoms with Crippen LogP contribution in [0.5, 0.6) is 11.5 Å². The molecule has 18 heavy (non-hydrogen) atoms. The topological polar surface area (TPSA) is 91.4 Å². The normalized spacial score (nSPS) is 12.6. The van der Waals surface area contributed by atoms with Crippen LogP contribution in [0.3, 0.4) is 0 Å². The number of hydrogen-bond acceptors (Lipinski definition) is 6. The second kappa shape index (κ2) is 5.05. The highest BCUT2D eigenvalue weighted by Gasteiger charge is 2.09. The Balaban J connectivity index is 2.01. The SMILES string of the molecule is Cc1noc(CNC(C)c2cc(O)cc(O)c2)n1. The Kier molecular flexibility index (Phi) is 3.47. The summed E-state index contributed by atoms with van der Waals surface area (Å²) in [6, 6.07) is 4.42. The second-order valence-corrected chi connectivity index (χ2v) is 4.12. The number of benzene rings is 1. The first-order valence-corrected chi connectivity index (χ1v) is 5.60. The van der Waals surface area contributed by atoms with Crippen molar-refractivity contribution in [2.75, 3.05) is 0 Å². The Morgan fingerprint density at radius 2 is 1.94 bits per heavy atom. The lowest BCUT2D eigenvalue weighted by atomic mass is 10.1. The number of phenolic OH excluding ortho intramolecular Hbond substituents is 2. The van der Waals surface area contributed by atoms with Crippen molar-refractivity contribution in [3.8, 4) is 11.5 Å². The zero-order chi connectivity index (χ0) is 13.1. The molecule has 1 aromatic carbocycles. The monoisotopic (exact) mass is 249 g/mol. The molecule has 1 aromatic heterocycles. The molecule has 0 amide bonds. The first-order valence-electron chi connectivity index (χ1n) is 5.60. The minimum absolute atomic E-state index is 0.0345. The molecule has 0 saturated carbocycles. The van der Waals surface area contributed by atoms with Crippen LogP contribution in [0.2, 0.25) is 0 Å². The first-order chi connectivity index (χ1) is 8.54. The van der Waals surface area contributed by atoms with Gasteiger partial charge in [0.2, 0.25) is 5.89 Å². The molecule has 1 heterocycles. The molecular formula is C12H15N3O3. The third kappa shape index (κ3) is 2.98.